The number of benzene rings is 3. The highest BCUT2D eigenvalue weighted by molar-refractivity contribution is 5.88. The number of anilines is 2. The van der Waals surface area contributed by atoms with E-state index in [1.165, 1.54) is 73.9 Å². The van der Waals surface area contributed by atoms with Gasteiger partial charge in [0.1, 0.15) is 0 Å². The molecule has 0 saturated heterocycles. The average molecular weight is 649 g/mol. The fraction of sp³-hybridized carbons (Fsp3) is 0.208. The molecule has 0 aliphatic heterocycles. The number of nitrogens with zero attached hydrogens (tertiary/aromatic N) is 2. The number of allylic oxidation sites excluding steroid dienone is 14. The Labute approximate surface area is 297 Å². The molecular weight excluding hydrogens is 605 g/mol. The van der Waals surface area contributed by atoms with E-state index < -0.39 is 0 Å². The van der Waals surface area contributed by atoms with Crippen molar-refractivity contribution in [2.24, 2.45) is 17.8 Å². The molecule has 3 aromatic carbocycles. The van der Waals surface area contributed by atoms with E-state index in [0.717, 1.165) is 25.2 Å². The van der Waals surface area contributed by atoms with Crippen molar-refractivity contribution in [1.29, 1.82) is 0 Å². The molecule has 1 fully saturated rings. The van der Waals surface area contributed by atoms with Gasteiger partial charge in [-0.05, 0) is 115 Å². The first-order valence-corrected chi connectivity index (χ1v) is 18.4. The SMILES string of the molecule is CC1=CC=C2C=CC=CC2C1N(C1=CC=CC=CC1)c1ccc(-c2ccc(N(C3=CC4CC4C=C3)C3=C(C)CCc4ccccc43)cc2)cc1. The summed E-state index contributed by atoms with van der Waals surface area (Å²) >= 11 is 0. The maximum absolute atomic E-state index is 2.58. The molecule has 0 heterocycles. The summed E-state index contributed by atoms with van der Waals surface area (Å²) in [5.74, 6) is 1.72. The van der Waals surface area contributed by atoms with Gasteiger partial charge in [0.15, 0.2) is 0 Å². The number of rotatable bonds is 7. The lowest BCUT2D eigenvalue weighted by atomic mass is 9.79. The van der Waals surface area contributed by atoms with E-state index in [2.05, 4.69) is 182 Å². The average Bonchev–Trinajstić information content (AvgIpc) is 3.98. The van der Waals surface area contributed by atoms with Crippen LogP contribution in [0.25, 0.3) is 16.8 Å². The van der Waals surface area contributed by atoms with E-state index in [1.54, 1.807) is 0 Å². The Kier molecular flexibility index (Phi) is 7.88. The van der Waals surface area contributed by atoms with E-state index in [0.29, 0.717) is 11.8 Å². The zero-order chi connectivity index (χ0) is 33.6. The standard InChI is InChI=1S/C48H44N2/c1-33-17-19-37-11-7-9-15-45(37)47(33)49(41-13-5-3-4-6-14-41)42-26-21-35(22-27-42)36-23-28-43(29-24-36)50(44-30-25-39-31-40(39)32-44)48-34(2)18-20-38-12-8-10-16-46(38)48/h3-13,15-17,19,21-30,32,39-40,45,47H,14,18,20,31H2,1-2H3. The molecule has 4 atom stereocenters. The molecule has 0 amide bonds. The molecule has 50 heavy (non-hydrogen) atoms. The molecule has 0 radical (unpaired) electrons. The van der Waals surface area contributed by atoms with Crippen molar-refractivity contribution in [2.75, 3.05) is 9.80 Å². The lowest BCUT2D eigenvalue weighted by Crippen LogP contribution is -2.42. The van der Waals surface area contributed by atoms with Crippen molar-refractivity contribution in [1.82, 2.24) is 0 Å². The molecule has 2 nitrogen and oxygen atoms in total. The number of aryl methyl sites for hydroxylation is 1. The molecule has 1 saturated carbocycles. The van der Waals surface area contributed by atoms with Crippen LogP contribution in [0.5, 0.6) is 0 Å². The van der Waals surface area contributed by atoms with Crippen LogP contribution in [0.2, 0.25) is 0 Å². The zero-order valence-corrected chi connectivity index (χ0v) is 29.0. The second kappa shape index (κ2) is 12.8. The molecule has 0 aromatic heterocycles. The van der Waals surface area contributed by atoms with Crippen LogP contribution in [-0.2, 0) is 6.42 Å². The zero-order valence-electron chi connectivity index (χ0n) is 29.0. The van der Waals surface area contributed by atoms with Gasteiger partial charge in [0.05, 0.1) is 11.7 Å². The van der Waals surface area contributed by atoms with Gasteiger partial charge in [0.2, 0.25) is 0 Å². The van der Waals surface area contributed by atoms with Gasteiger partial charge in [-0.25, -0.2) is 0 Å². The van der Waals surface area contributed by atoms with Crippen LogP contribution in [0, 0.1) is 17.8 Å². The summed E-state index contributed by atoms with van der Waals surface area (Å²) in [5.41, 5.74) is 15.9. The van der Waals surface area contributed by atoms with Crippen LogP contribution in [0.3, 0.4) is 0 Å². The van der Waals surface area contributed by atoms with Crippen LogP contribution in [0.15, 0.2) is 186 Å². The molecule has 3 aromatic rings. The number of hydrogen-bond acceptors (Lipinski definition) is 2. The Bertz CT molecular complexity index is 2140. The van der Waals surface area contributed by atoms with E-state index in [4.69, 9.17) is 0 Å². The van der Waals surface area contributed by atoms with Crippen LogP contribution in [0.1, 0.15) is 44.2 Å². The van der Waals surface area contributed by atoms with Crippen molar-refractivity contribution < 1.29 is 0 Å². The molecule has 9 rings (SSSR count). The topological polar surface area (TPSA) is 6.48 Å². The van der Waals surface area contributed by atoms with Gasteiger partial charge in [0.25, 0.3) is 0 Å². The van der Waals surface area contributed by atoms with E-state index >= 15 is 0 Å². The van der Waals surface area contributed by atoms with Gasteiger partial charge in [-0.3, -0.25) is 0 Å². The highest BCUT2D eigenvalue weighted by Crippen LogP contribution is 2.48. The quantitative estimate of drug-likeness (QED) is 0.252. The second-order valence-corrected chi connectivity index (χ2v) is 14.6. The maximum Gasteiger partial charge on any atom is 0.0652 e. The summed E-state index contributed by atoms with van der Waals surface area (Å²) < 4.78 is 0. The Morgan fingerprint density at radius 2 is 1.46 bits per heavy atom. The van der Waals surface area contributed by atoms with Gasteiger partial charge in [-0.1, -0.05) is 121 Å². The van der Waals surface area contributed by atoms with Crippen LogP contribution < -0.4 is 9.80 Å². The molecule has 0 spiro atoms. The third-order valence-electron chi connectivity index (χ3n) is 11.3. The van der Waals surface area contributed by atoms with Crippen molar-refractivity contribution in [2.45, 2.75) is 45.6 Å². The summed E-state index contributed by atoms with van der Waals surface area (Å²) in [6.45, 7) is 4.61. The van der Waals surface area contributed by atoms with Gasteiger partial charge >= 0.3 is 0 Å². The van der Waals surface area contributed by atoms with Gasteiger partial charge < -0.3 is 9.80 Å². The molecule has 246 valence electrons. The fourth-order valence-corrected chi connectivity index (χ4v) is 8.52. The molecule has 2 heteroatoms. The third-order valence-corrected chi connectivity index (χ3v) is 11.3. The Morgan fingerprint density at radius 3 is 2.28 bits per heavy atom. The lowest BCUT2D eigenvalue weighted by Gasteiger charge is -2.42. The molecule has 0 N–H and O–H groups in total. The second-order valence-electron chi connectivity index (χ2n) is 14.6. The first-order chi connectivity index (χ1) is 24.6. The lowest BCUT2D eigenvalue weighted by molar-refractivity contribution is 0.590. The molecule has 0 bridgehead atoms. The van der Waals surface area contributed by atoms with Crippen LogP contribution in [0.4, 0.5) is 11.4 Å². The van der Waals surface area contributed by atoms with Crippen molar-refractivity contribution in [3.63, 3.8) is 0 Å². The van der Waals surface area contributed by atoms with E-state index in [9.17, 15) is 0 Å². The Balaban J connectivity index is 1.05. The van der Waals surface area contributed by atoms with Crippen LogP contribution in [-0.4, -0.2) is 6.04 Å². The summed E-state index contributed by atoms with van der Waals surface area (Å²) in [7, 11) is 0. The predicted octanol–water partition coefficient (Wildman–Crippen LogP) is 11.8. The fourth-order valence-electron chi connectivity index (χ4n) is 8.52. The summed E-state index contributed by atoms with van der Waals surface area (Å²) in [4.78, 5) is 5.11. The first kappa shape index (κ1) is 30.7. The minimum atomic E-state index is 0.218. The minimum Gasteiger partial charge on any atom is -0.337 e. The summed E-state index contributed by atoms with van der Waals surface area (Å²) in [6, 6.07) is 27.7. The van der Waals surface area contributed by atoms with Gasteiger partial charge in [-0.15, -0.1) is 0 Å². The van der Waals surface area contributed by atoms with Crippen molar-refractivity contribution in [3.8, 4) is 11.1 Å². The van der Waals surface area contributed by atoms with Crippen molar-refractivity contribution >= 4 is 17.1 Å². The number of fused-ring (bicyclic) bond motifs is 3. The van der Waals surface area contributed by atoms with Gasteiger partial charge in [0, 0.05) is 40.7 Å². The predicted molar refractivity (Wildman–Crippen MR) is 211 cm³/mol. The summed E-state index contributed by atoms with van der Waals surface area (Å²) in [5, 5.41) is 0. The smallest absolute Gasteiger partial charge is 0.0652 e. The monoisotopic (exact) mass is 648 g/mol. The minimum absolute atomic E-state index is 0.218. The first-order valence-electron chi connectivity index (χ1n) is 18.4. The molecule has 6 aliphatic carbocycles. The maximum atomic E-state index is 2.58. The normalized spacial score (nSPS) is 24.3. The van der Waals surface area contributed by atoms with E-state index in [-0.39, 0.29) is 6.04 Å². The molecule has 6 aliphatic rings. The Morgan fingerprint density at radius 1 is 0.660 bits per heavy atom. The van der Waals surface area contributed by atoms with Crippen molar-refractivity contribution in [3.05, 3.63) is 197 Å². The van der Waals surface area contributed by atoms with Crippen LogP contribution >= 0.6 is 0 Å². The Hall–Kier alpha value is -5.34. The highest BCUT2D eigenvalue weighted by atomic mass is 15.2. The molecule has 4 unspecified atom stereocenters. The highest BCUT2D eigenvalue weighted by Gasteiger charge is 2.37. The van der Waals surface area contributed by atoms with E-state index in [1.807, 2.05) is 0 Å². The third kappa shape index (κ3) is 5.63. The molecular formula is C48H44N2. The largest absolute Gasteiger partial charge is 0.337 e. The number of hydrogen-bond donors (Lipinski definition) is 0. The van der Waals surface area contributed by atoms with Gasteiger partial charge in [-0.2, -0.15) is 0 Å². The summed E-state index contributed by atoms with van der Waals surface area (Å²) in [6.07, 6.45) is 36.3.